The first-order valence-corrected chi connectivity index (χ1v) is 7.47. The Morgan fingerprint density at radius 2 is 2.18 bits per heavy atom. The first-order valence-electron chi connectivity index (χ1n) is 6.14. The van der Waals surface area contributed by atoms with E-state index in [0.29, 0.717) is 12.0 Å². The summed E-state index contributed by atoms with van der Waals surface area (Å²) in [7, 11) is 0. The predicted molar refractivity (Wildman–Crippen MR) is 75.0 cm³/mol. The molecule has 1 heterocycles. The molecule has 4 heteroatoms. The van der Waals surface area contributed by atoms with Gasteiger partial charge in [0.25, 0.3) is 5.91 Å². The molecule has 1 fully saturated rings. The summed E-state index contributed by atoms with van der Waals surface area (Å²) in [6.45, 7) is 4.58. The zero-order chi connectivity index (χ0) is 12.4. The fourth-order valence-corrected chi connectivity index (χ4v) is 3.43. The van der Waals surface area contributed by atoms with E-state index in [1.807, 2.05) is 11.4 Å². The highest BCUT2D eigenvalue weighted by molar-refractivity contribution is 7.80. The fraction of sp³-hybridized carbons (Fsp3) is 0.615. The Labute approximate surface area is 112 Å². The summed E-state index contributed by atoms with van der Waals surface area (Å²) >= 11 is 5.68. The van der Waals surface area contributed by atoms with Crippen molar-refractivity contribution in [2.75, 3.05) is 0 Å². The van der Waals surface area contributed by atoms with E-state index in [2.05, 4.69) is 31.8 Å². The van der Waals surface area contributed by atoms with Crippen molar-refractivity contribution < 1.29 is 4.79 Å². The van der Waals surface area contributed by atoms with Crippen molar-refractivity contribution in [2.45, 2.75) is 44.0 Å². The molecule has 1 aromatic rings. The minimum Gasteiger partial charge on any atom is -0.349 e. The average Bonchev–Trinajstić information content (AvgIpc) is 2.70. The monoisotopic (exact) mass is 269 g/mol. The van der Waals surface area contributed by atoms with Crippen molar-refractivity contribution in [3.8, 4) is 0 Å². The van der Waals surface area contributed by atoms with Gasteiger partial charge in [0.1, 0.15) is 0 Å². The van der Waals surface area contributed by atoms with Crippen LogP contribution in [0.2, 0.25) is 0 Å². The van der Waals surface area contributed by atoms with Gasteiger partial charge in [-0.2, -0.15) is 0 Å². The summed E-state index contributed by atoms with van der Waals surface area (Å²) in [5, 5.41) is 5.03. The summed E-state index contributed by atoms with van der Waals surface area (Å²) in [4.78, 5) is 13.6. The fourth-order valence-electron chi connectivity index (χ4n) is 2.38. The maximum absolute atomic E-state index is 12.0. The number of thiophene rings is 1. The summed E-state index contributed by atoms with van der Waals surface area (Å²) < 4.78 is 0. The second kappa shape index (κ2) is 5.44. The SMILES string of the molecule is CC1CCC(NC(=O)c2cc(S)cs2)CC1C. The number of hydrogen-bond acceptors (Lipinski definition) is 3. The quantitative estimate of drug-likeness (QED) is 0.789. The molecule has 1 aliphatic rings. The van der Waals surface area contributed by atoms with E-state index in [-0.39, 0.29) is 5.91 Å². The highest BCUT2D eigenvalue weighted by Crippen LogP contribution is 2.29. The molecule has 1 aromatic heterocycles. The summed E-state index contributed by atoms with van der Waals surface area (Å²) in [6.07, 6.45) is 3.43. The van der Waals surface area contributed by atoms with E-state index >= 15 is 0 Å². The Bertz CT molecular complexity index is 402. The third-order valence-electron chi connectivity index (χ3n) is 3.74. The van der Waals surface area contributed by atoms with Gasteiger partial charge in [-0.25, -0.2) is 0 Å². The van der Waals surface area contributed by atoms with Gasteiger partial charge >= 0.3 is 0 Å². The molecule has 0 spiro atoms. The number of rotatable bonds is 2. The number of thiol groups is 1. The van der Waals surface area contributed by atoms with Crippen LogP contribution < -0.4 is 5.32 Å². The molecule has 0 aliphatic heterocycles. The highest BCUT2D eigenvalue weighted by atomic mass is 32.1. The van der Waals surface area contributed by atoms with E-state index < -0.39 is 0 Å². The first kappa shape index (κ1) is 13.0. The summed E-state index contributed by atoms with van der Waals surface area (Å²) in [5.41, 5.74) is 0. The van der Waals surface area contributed by atoms with Gasteiger partial charge in [0.15, 0.2) is 0 Å². The normalized spacial score (nSPS) is 29.0. The molecule has 1 N–H and O–H groups in total. The van der Waals surface area contributed by atoms with Gasteiger partial charge in [-0.15, -0.1) is 24.0 Å². The van der Waals surface area contributed by atoms with Gasteiger partial charge < -0.3 is 5.32 Å². The minimum atomic E-state index is 0.0575. The molecule has 3 atom stereocenters. The molecule has 2 rings (SSSR count). The standard InChI is InChI=1S/C13H19NOS2/c1-8-3-4-10(5-9(8)2)14-13(15)12-6-11(16)7-17-12/h6-10,16H,3-5H2,1-2H3,(H,14,15). The van der Waals surface area contributed by atoms with Crippen molar-refractivity contribution in [1.82, 2.24) is 5.32 Å². The van der Waals surface area contributed by atoms with Gasteiger partial charge in [0.2, 0.25) is 0 Å². The molecule has 1 aliphatic carbocycles. The third-order valence-corrected chi connectivity index (χ3v) is 5.10. The second-order valence-electron chi connectivity index (χ2n) is 5.11. The number of carbonyl (C=O) groups excluding carboxylic acids is 1. The van der Waals surface area contributed by atoms with Crippen LogP contribution in [0.5, 0.6) is 0 Å². The van der Waals surface area contributed by atoms with E-state index in [9.17, 15) is 4.79 Å². The molecule has 2 nitrogen and oxygen atoms in total. The van der Waals surface area contributed by atoms with Crippen LogP contribution in [0.1, 0.15) is 42.8 Å². The van der Waals surface area contributed by atoms with Gasteiger partial charge in [-0.05, 0) is 37.2 Å². The van der Waals surface area contributed by atoms with Crippen LogP contribution in [-0.4, -0.2) is 11.9 Å². The molecule has 0 aromatic carbocycles. The average molecular weight is 269 g/mol. The van der Waals surface area contributed by atoms with Crippen LogP contribution in [-0.2, 0) is 0 Å². The Morgan fingerprint density at radius 3 is 2.76 bits per heavy atom. The highest BCUT2D eigenvalue weighted by Gasteiger charge is 2.25. The van der Waals surface area contributed by atoms with E-state index in [1.165, 1.54) is 17.8 Å². The second-order valence-corrected chi connectivity index (χ2v) is 6.53. The van der Waals surface area contributed by atoms with E-state index in [0.717, 1.165) is 28.5 Å². The smallest absolute Gasteiger partial charge is 0.261 e. The third kappa shape index (κ3) is 3.26. The molecule has 94 valence electrons. The number of carbonyl (C=O) groups is 1. The van der Waals surface area contributed by atoms with Crippen molar-refractivity contribution >= 4 is 29.9 Å². The van der Waals surface area contributed by atoms with Crippen molar-refractivity contribution in [1.29, 1.82) is 0 Å². The lowest BCUT2D eigenvalue weighted by Gasteiger charge is -2.32. The molecule has 17 heavy (non-hydrogen) atoms. The Hall–Kier alpha value is -0.480. The van der Waals surface area contributed by atoms with Crippen LogP contribution in [0.4, 0.5) is 0 Å². The zero-order valence-electron chi connectivity index (χ0n) is 10.3. The maximum Gasteiger partial charge on any atom is 0.261 e. The zero-order valence-corrected chi connectivity index (χ0v) is 12.0. The number of nitrogens with one attached hydrogen (secondary N) is 1. The van der Waals surface area contributed by atoms with E-state index in [4.69, 9.17) is 0 Å². The lowest BCUT2D eigenvalue weighted by Crippen LogP contribution is -2.39. The molecular weight excluding hydrogens is 250 g/mol. The topological polar surface area (TPSA) is 29.1 Å². The van der Waals surface area contributed by atoms with Crippen LogP contribution in [0.25, 0.3) is 0 Å². The molecule has 0 radical (unpaired) electrons. The maximum atomic E-state index is 12.0. The molecule has 1 amide bonds. The lowest BCUT2D eigenvalue weighted by atomic mass is 9.79. The molecule has 0 bridgehead atoms. The van der Waals surface area contributed by atoms with Crippen molar-refractivity contribution in [2.24, 2.45) is 11.8 Å². The van der Waals surface area contributed by atoms with Crippen molar-refractivity contribution in [3.05, 3.63) is 16.3 Å². The van der Waals surface area contributed by atoms with E-state index in [1.54, 1.807) is 0 Å². The molecule has 3 unspecified atom stereocenters. The Kier molecular flexibility index (Phi) is 4.15. The Morgan fingerprint density at radius 1 is 1.41 bits per heavy atom. The van der Waals surface area contributed by atoms with Crippen LogP contribution in [0, 0.1) is 11.8 Å². The van der Waals surface area contributed by atoms with Gasteiger partial charge in [0, 0.05) is 16.3 Å². The number of amides is 1. The summed E-state index contributed by atoms with van der Waals surface area (Å²) in [5.74, 6) is 1.55. The molecular formula is C13H19NOS2. The van der Waals surface area contributed by atoms with Crippen LogP contribution in [0.15, 0.2) is 16.3 Å². The van der Waals surface area contributed by atoms with Gasteiger partial charge in [-0.3, -0.25) is 4.79 Å². The molecule has 1 saturated carbocycles. The molecule has 0 saturated heterocycles. The predicted octanol–water partition coefficient (Wildman–Crippen LogP) is 3.59. The largest absolute Gasteiger partial charge is 0.349 e. The van der Waals surface area contributed by atoms with Crippen LogP contribution >= 0.6 is 24.0 Å². The van der Waals surface area contributed by atoms with Gasteiger partial charge in [0.05, 0.1) is 4.88 Å². The Balaban J connectivity index is 1.91. The number of hydrogen-bond donors (Lipinski definition) is 2. The van der Waals surface area contributed by atoms with Gasteiger partial charge in [-0.1, -0.05) is 13.8 Å². The lowest BCUT2D eigenvalue weighted by molar-refractivity contribution is 0.0914. The van der Waals surface area contributed by atoms with Crippen LogP contribution in [0.3, 0.4) is 0 Å². The minimum absolute atomic E-state index is 0.0575. The first-order chi connectivity index (χ1) is 8.06. The summed E-state index contributed by atoms with van der Waals surface area (Å²) in [6, 6.07) is 2.18. The van der Waals surface area contributed by atoms with Crippen molar-refractivity contribution in [3.63, 3.8) is 0 Å².